The van der Waals surface area contributed by atoms with Crippen LogP contribution in [0.5, 0.6) is 5.75 Å². The lowest BCUT2D eigenvalue weighted by Gasteiger charge is -2.13. The lowest BCUT2D eigenvalue weighted by molar-refractivity contribution is 0.302. The van der Waals surface area contributed by atoms with Crippen molar-refractivity contribution in [1.82, 2.24) is 5.32 Å². The monoisotopic (exact) mass is 399 g/mol. The van der Waals surface area contributed by atoms with Crippen LogP contribution in [-0.2, 0) is 19.6 Å². The third-order valence-electron chi connectivity index (χ3n) is 4.35. The van der Waals surface area contributed by atoms with Crippen LogP contribution >= 0.6 is 23.2 Å². The van der Waals surface area contributed by atoms with Crippen LogP contribution in [-0.4, -0.2) is 6.54 Å². The van der Waals surface area contributed by atoms with Crippen LogP contribution in [0.3, 0.4) is 0 Å². The molecule has 140 valence electrons. The Bertz CT molecular complexity index is 895. The smallest absolute Gasteiger partial charge is 0.124 e. The number of halogens is 2. The van der Waals surface area contributed by atoms with Gasteiger partial charge in [-0.05, 0) is 49.2 Å². The van der Waals surface area contributed by atoms with Crippen LogP contribution in [0.4, 0.5) is 0 Å². The highest BCUT2D eigenvalue weighted by molar-refractivity contribution is 6.35. The van der Waals surface area contributed by atoms with Gasteiger partial charge in [0, 0.05) is 22.2 Å². The van der Waals surface area contributed by atoms with Gasteiger partial charge >= 0.3 is 0 Å². The molecule has 0 aliphatic rings. The van der Waals surface area contributed by atoms with Crippen LogP contribution in [0, 0.1) is 6.92 Å². The average molecular weight is 400 g/mol. The van der Waals surface area contributed by atoms with Crippen LogP contribution in [0.2, 0.25) is 10.0 Å². The van der Waals surface area contributed by atoms with Gasteiger partial charge < -0.3 is 10.1 Å². The second kappa shape index (κ2) is 9.80. The molecule has 3 aromatic carbocycles. The SMILES string of the molecule is Cc1cccc(COc2ccccc2CNCCc2ccc(Cl)cc2Cl)c1. The number of benzene rings is 3. The van der Waals surface area contributed by atoms with Crippen molar-refractivity contribution in [2.75, 3.05) is 6.54 Å². The predicted molar refractivity (Wildman–Crippen MR) is 114 cm³/mol. The maximum Gasteiger partial charge on any atom is 0.124 e. The summed E-state index contributed by atoms with van der Waals surface area (Å²) in [4.78, 5) is 0. The highest BCUT2D eigenvalue weighted by atomic mass is 35.5. The van der Waals surface area contributed by atoms with Gasteiger partial charge in [0.15, 0.2) is 0 Å². The van der Waals surface area contributed by atoms with Gasteiger partial charge in [0.1, 0.15) is 12.4 Å². The molecule has 0 bridgehead atoms. The van der Waals surface area contributed by atoms with Gasteiger partial charge in [-0.1, -0.05) is 77.3 Å². The standard InChI is InChI=1S/C23H23Cl2NO/c1-17-5-4-6-18(13-17)16-27-23-8-3-2-7-20(23)15-26-12-11-19-9-10-21(24)14-22(19)25/h2-10,13-14,26H,11-12,15-16H2,1H3. The van der Waals surface area contributed by atoms with Crippen molar-refractivity contribution >= 4 is 23.2 Å². The lowest BCUT2D eigenvalue weighted by atomic mass is 10.1. The van der Waals surface area contributed by atoms with Gasteiger partial charge in [-0.25, -0.2) is 0 Å². The van der Waals surface area contributed by atoms with Crippen LogP contribution < -0.4 is 10.1 Å². The first kappa shape index (κ1) is 19.8. The summed E-state index contributed by atoms with van der Waals surface area (Å²) in [6.45, 7) is 4.23. The Hall–Kier alpha value is -2.00. The van der Waals surface area contributed by atoms with Crippen molar-refractivity contribution in [2.24, 2.45) is 0 Å². The number of ether oxygens (including phenoxy) is 1. The minimum absolute atomic E-state index is 0.569. The van der Waals surface area contributed by atoms with Gasteiger partial charge in [-0.2, -0.15) is 0 Å². The van der Waals surface area contributed by atoms with Crippen molar-refractivity contribution in [2.45, 2.75) is 26.5 Å². The fourth-order valence-electron chi connectivity index (χ4n) is 2.92. The zero-order valence-electron chi connectivity index (χ0n) is 15.3. The van der Waals surface area contributed by atoms with E-state index in [1.54, 1.807) is 6.07 Å². The fourth-order valence-corrected chi connectivity index (χ4v) is 3.43. The van der Waals surface area contributed by atoms with Crippen molar-refractivity contribution in [3.05, 3.63) is 99.0 Å². The lowest BCUT2D eigenvalue weighted by Crippen LogP contribution is -2.17. The molecule has 0 unspecified atom stereocenters. The highest BCUT2D eigenvalue weighted by Gasteiger charge is 2.05. The van der Waals surface area contributed by atoms with E-state index in [9.17, 15) is 0 Å². The Morgan fingerprint density at radius 3 is 2.56 bits per heavy atom. The maximum absolute atomic E-state index is 6.23. The van der Waals surface area contributed by atoms with Gasteiger partial charge in [0.2, 0.25) is 0 Å². The molecule has 0 spiro atoms. The molecule has 0 aromatic heterocycles. The van der Waals surface area contributed by atoms with Crippen molar-refractivity contribution in [3.63, 3.8) is 0 Å². The van der Waals surface area contributed by atoms with Gasteiger partial charge in [-0.3, -0.25) is 0 Å². The van der Waals surface area contributed by atoms with E-state index >= 15 is 0 Å². The van der Waals surface area contributed by atoms with E-state index in [4.69, 9.17) is 27.9 Å². The summed E-state index contributed by atoms with van der Waals surface area (Å²) in [5.41, 5.74) is 4.66. The number of rotatable bonds is 8. The van der Waals surface area contributed by atoms with Crippen molar-refractivity contribution in [1.29, 1.82) is 0 Å². The summed E-state index contributed by atoms with van der Waals surface area (Å²) >= 11 is 12.2. The first-order valence-electron chi connectivity index (χ1n) is 9.03. The molecule has 0 fully saturated rings. The number of hydrogen-bond donors (Lipinski definition) is 1. The minimum atomic E-state index is 0.569. The van der Waals surface area contributed by atoms with E-state index in [0.717, 1.165) is 36.4 Å². The summed E-state index contributed by atoms with van der Waals surface area (Å²) in [6.07, 6.45) is 0.850. The quantitative estimate of drug-likeness (QED) is 0.454. The molecular formula is C23H23Cl2NO. The third-order valence-corrected chi connectivity index (χ3v) is 4.94. The highest BCUT2D eigenvalue weighted by Crippen LogP contribution is 2.22. The molecule has 0 saturated heterocycles. The Kier molecular flexibility index (Phi) is 7.17. The molecule has 0 aliphatic heterocycles. The van der Waals surface area contributed by atoms with E-state index in [0.29, 0.717) is 16.7 Å². The number of para-hydroxylation sites is 1. The minimum Gasteiger partial charge on any atom is -0.489 e. The van der Waals surface area contributed by atoms with Crippen LogP contribution in [0.15, 0.2) is 66.7 Å². The molecule has 0 saturated carbocycles. The Labute approximate surface area is 171 Å². The molecule has 4 heteroatoms. The summed E-state index contributed by atoms with van der Waals surface area (Å²) < 4.78 is 6.05. The maximum atomic E-state index is 6.23. The Morgan fingerprint density at radius 2 is 1.74 bits per heavy atom. The van der Waals surface area contributed by atoms with Crippen molar-refractivity contribution < 1.29 is 4.74 Å². The summed E-state index contributed by atoms with van der Waals surface area (Å²) in [7, 11) is 0. The average Bonchev–Trinajstić information content (AvgIpc) is 2.66. The molecule has 3 aromatic rings. The Balaban J connectivity index is 1.53. The van der Waals surface area contributed by atoms with Crippen LogP contribution in [0.1, 0.15) is 22.3 Å². The molecule has 0 amide bonds. The Morgan fingerprint density at radius 1 is 0.889 bits per heavy atom. The van der Waals surface area contributed by atoms with Gasteiger partial charge in [-0.15, -0.1) is 0 Å². The topological polar surface area (TPSA) is 21.3 Å². The van der Waals surface area contributed by atoms with E-state index < -0.39 is 0 Å². The van der Waals surface area contributed by atoms with Gasteiger partial charge in [0.25, 0.3) is 0 Å². The van der Waals surface area contributed by atoms with Gasteiger partial charge in [0.05, 0.1) is 0 Å². The first-order valence-corrected chi connectivity index (χ1v) is 9.78. The van der Waals surface area contributed by atoms with E-state index in [2.05, 4.69) is 42.6 Å². The van der Waals surface area contributed by atoms with E-state index in [1.807, 2.05) is 30.3 Å². The molecule has 0 atom stereocenters. The number of aryl methyl sites for hydroxylation is 1. The molecular weight excluding hydrogens is 377 g/mol. The summed E-state index contributed by atoms with van der Waals surface area (Å²) in [5.74, 6) is 0.913. The fraction of sp³-hybridized carbons (Fsp3) is 0.217. The molecule has 0 radical (unpaired) electrons. The molecule has 1 N–H and O–H groups in total. The van der Waals surface area contributed by atoms with E-state index in [1.165, 1.54) is 11.1 Å². The molecule has 0 aliphatic carbocycles. The summed E-state index contributed by atoms with van der Waals surface area (Å²) in [5, 5.41) is 4.85. The summed E-state index contributed by atoms with van der Waals surface area (Å²) in [6, 6.07) is 22.2. The first-order chi connectivity index (χ1) is 13.1. The molecule has 27 heavy (non-hydrogen) atoms. The number of hydrogen-bond acceptors (Lipinski definition) is 2. The normalized spacial score (nSPS) is 10.8. The van der Waals surface area contributed by atoms with Crippen LogP contribution in [0.25, 0.3) is 0 Å². The third kappa shape index (κ3) is 6.00. The van der Waals surface area contributed by atoms with E-state index in [-0.39, 0.29) is 0 Å². The zero-order chi connectivity index (χ0) is 19.1. The molecule has 2 nitrogen and oxygen atoms in total. The van der Waals surface area contributed by atoms with Crippen molar-refractivity contribution in [3.8, 4) is 5.75 Å². The molecule has 3 rings (SSSR count). The zero-order valence-corrected chi connectivity index (χ0v) is 16.9. The molecule has 0 heterocycles. The second-order valence-electron chi connectivity index (χ2n) is 6.55. The predicted octanol–water partition coefficient (Wildman–Crippen LogP) is 6.21. The second-order valence-corrected chi connectivity index (χ2v) is 7.39. The number of nitrogens with one attached hydrogen (secondary N) is 1. The largest absolute Gasteiger partial charge is 0.489 e.